The highest BCUT2D eigenvalue weighted by atomic mass is 16.5. The first-order chi connectivity index (χ1) is 8.04. The topological polar surface area (TPSA) is 75.4 Å². The Hall–Kier alpha value is -1.36. The van der Waals surface area contributed by atoms with E-state index in [0.29, 0.717) is 5.76 Å². The van der Waals surface area contributed by atoms with Crippen molar-refractivity contribution in [2.24, 2.45) is 0 Å². The number of aliphatic hydroxyl groups is 1. The van der Waals surface area contributed by atoms with Gasteiger partial charge in [0.05, 0.1) is 23.3 Å². The molecule has 0 spiro atoms. The summed E-state index contributed by atoms with van der Waals surface area (Å²) in [6, 6.07) is 0. The Morgan fingerprint density at radius 2 is 1.89 bits per heavy atom. The van der Waals surface area contributed by atoms with Gasteiger partial charge in [0.25, 0.3) is 0 Å². The van der Waals surface area contributed by atoms with Gasteiger partial charge in [-0.15, -0.1) is 0 Å². The van der Waals surface area contributed by atoms with Crippen LogP contribution in [0.4, 0.5) is 0 Å². The summed E-state index contributed by atoms with van der Waals surface area (Å²) in [7, 11) is 0. The Kier molecular flexibility index (Phi) is 3.86. The number of carbonyl (C=O) groups excluding carboxylic acids is 1. The molecular formula is C13H22N2O3. The predicted octanol–water partition coefficient (Wildman–Crippen LogP) is 1.50. The summed E-state index contributed by atoms with van der Waals surface area (Å²) < 4.78 is 5.01. The monoisotopic (exact) mass is 254 g/mol. The maximum absolute atomic E-state index is 12.0. The van der Waals surface area contributed by atoms with Crippen LogP contribution in [-0.2, 0) is 11.2 Å². The Morgan fingerprint density at radius 1 is 1.33 bits per heavy atom. The van der Waals surface area contributed by atoms with E-state index in [-0.39, 0.29) is 12.3 Å². The number of amides is 1. The SMILES string of the molecule is Cc1noc(C)c1CC(=O)NC(C)(C)C(C)(C)O. The molecule has 0 unspecified atom stereocenters. The van der Waals surface area contributed by atoms with Gasteiger partial charge in [-0.2, -0.15) is 0 Å². The van der Waals surface area contributed by atoms with E-state index in [2.05, 4.69) is 10.5 Å². The number of hydrogen-bond acceptors (Lipinski definition) is 4. The Bertz CT molecular complexity index is 422. The number of aromatic nitrogens is 1. The minimum atomic E-state index is -0.999. The molecule has 1 rings (SSSR count). The smallest absolute Gasteiger partial charge is 0.225 e. The molecule has 0 saturated carbocycles. The molecule has 0 aromatic carbocycles. The zero-order chi connectivity index (χ0) is 14.1. The van der Waals surface area contributed by atoms with E-state index in [1.165, 1.54) is 0 Å². The normalized spacial score (nSPS) is 12.6. The number of hydrogen-bond donors (Lipinski definition) is 2. The average molecular weight is 254 g/mol. The lowest BCUT2D eigenvalue weighted by Crippen LogP contribution is -2.58. The van der Waals surface area contributed by atoms with Crippen LogP contribution in [-0.4, -0.2) is 27.3 Å². The van der Waals surface area contributed by atoms with Crippen LogP contribution in [0.5, 0.6) is 0 Å². The maximum atomic E-state index is 12.0. The van der Waals surface area contributed by atoms with Gasteiger partial charge in [0.15, 0.2) is 0 Å². The maximum Gasteiger partial charge on any atom is 0.225 e. The van der Waals surface area contributed by atoms with Crippen molar-refractivity contribution in [1.29, 1.82) is 0 Å². The highest BCUT2D eigenvalue weighted by Crippen LogP contribution is 2.21. The molecule has 1 heterocycles. The predicted molar refractivity (Wildman–Crippen MR) is 68.2 cm³/mol. The third-order valence-electron chi connectivity index (χ3n) is 3.50. The summed E-state index contributed by atoms with van der Waals surface area (Å²) in [5.41, 5.74) is -0.174. The molecule has 0 fully saturated rings. The first-order valence-corrected chi connectivity index (χ1v) is 6.00. The van der Waals surface area contributed by atoms with Crippen LogP contribution in [0.15, 0.2) is 4.52 Å². The van der Waals surface area contributed by atoms with Gasteiger partial charge in [-0.05, 0) is 41.5 Å². The summed E-state index contributed by atoms with van der Waals surface area (Å²) in [4.78, 5) is 12.0. The second-order valence-corrected chi connectivity index (χ2v) is 5.71. The lowest BCUT2D eigenvalue weighted by molar-refractivity contribution is -0.125. The fraction of sp³-hybridized carbons (Fsp3) is 0.692. The summed E-state index contributed by atoms with van der Waals surface area (Å²) in [6.45, 7) is 10.5. The number of nitrogens with one attached hydrogen (secondary N) is 1. The highest BCUT2D eigenvalue weighted by molar-refractivity contribution is 5.79. The van der Waals surface area contributed by atoms with Crippen molar-refractivity contribution in [2.75, 3.05) is 0 Å². The molecule has 0 radical (unpaired) electrons. The first-order valence-electron chi connectivity index (χ1n) is 6.00. The van der Waals surface area contributed by atoms with Crippen molar-refractivity contribution in [3.63, 3.8) is 0 Å². The molecule has 5 nitrogen and oxygen atoms in total. The van der Waals surface area contributed by atoms with E-state index < -0.39 is 11.1 Å². The van der Waals surface area contributed by atoms with Crippen LogP contribution in [0.3, 0.4) is 0 Å². The molecule has 1 aromatic rings. The van der Waals surface area contributed by atoms with Crippen LogP contribution in [0.1, 0.15) is 44.7 Å². The lowest BCUT2D eigenvalue weighted by atomic mass is 9.86. The molecule has 1 aromatic heterocycles. The molecule has 2 N–H and O–H groups in total. The molecular weight excluding hydrogens is 232 g/mol. The Balaban J connectivity index is 2.74. The van der Waals surface area contributed by atoms with Crippen LogP contribution in [0, 0.1) is 13.8 Å². The Labute approximate surface area is 108 Å². The van der Waals surface area contributed by atoms with E-state index in [4.69, 9.17) is 4.52 Å². The number of carbonyl (C=O) groups is 1. The zero-order valence-electron chi connectivity index (χ0n) is 11.9. The molecule has 18 heavy (non-hydrogen) atoms. The van der Waals surface area contributed by atoms with Gasteiger partial charge >= 0.3 is 0 Å². The second kappa shape index (κ2) is 4.72. The molecule has 1 amide bonds. The van der Waals surface area contributed by atoms with Crippen LogP contribution >= 0.6 is 0 Å². The van der Waals surface area contributed by atoms with Crippen molar-refractivity contribution in [1.82, 2.24) is 10.5 Å². The summed E-state index contributed by atoms with van der Waals surface area (Å²) in [5.74, 6) is 0.500. The molecule has 0 atom stereocenters. The van der Waals surface area contributed by atoms with Gasteiger partial charge in [0.1, 0.15) is 5.76 Å². The molecule has 0 aliphatic rings. The molecule has 0 aliphatic heterocycles. The largest absolute Gasteiger partial charge is 0.388 e. The molecule has 0 bridgehead atoms. The molecule has 5 heteroatoms. The standard InChI is InChI=1S/C13H22N2O3/c1-8-10(9(2)18-15-8)7-11(16)14-12(3,4)13(5,6)17/h17H,7H2,1-6H3,(H,14,16). The summed E-state index contributed by atoms with van der Waals surface area (Å²) >= 11 is 0. The molecule has 0 saturated heterocycles. The Morgan fingerprint density at radius 3 is 2.28 bits per heavy atom. The van der Waals surface area contributed by atoms with E-state index in [1.807, 2.05) is 0 Å². The summed E-state index contributed by atoms with van der Waals surface area (Å²) in [6.07, 6.45) is 0.209. The van der Waals surface area contributed by atoms with Gasteiger partial charge in [-0.1, -0.05) is 5.16 Å². The summed E-state index contributed by atoms with van der Waals surface area (Å²) in [5, 5.41) is 16.6. The lowest BCUT2D eigenvalue weighted by Gasteiger charge is -2.38. The van der Waals surface area contributed by atoms with Crippen molar-refractivity contribution >= 4 is 5.91 Å². The molecule has 0 aliphatic carbocycles. The third kappa shape index (κ3) is 3.10. The van der Waals surface area contributed by atoms with Crippen molar-refractivity contribution in [3.8, 4) is 0 Å². The number of rotatable bonds is 4. The third-order valence-corrected chi connectivity index (χ3v) is 3.50. The fourth-order valence-corrected chi connectivity index (χ4v) is 1.46. The molecule has 102 valence electrons. The van der Waals surface area contributed by atoms with Crippen molar-refractivity contribution in [2.45, 2.75) is 59.1 Å². The minimum Gasteiger partial charge on any atom is -0.388 e. The number of nitrogens with zero attached hydrogens (tertiary/aromatic N) is 1. The van der Waals surface area contributed by atoms with E-state index in [0.717, 1.165) is 11.3 Å². The van der Waals surface area contributed by atoms with Crippen molar-refractivity contribution < 1.29 is 14.4 Å². The van der Waals surface area contributed by atoms with Crippen molar-refractivity contribution in [3.05, 3.63) is 17.0 Å². The van der Waals surface area contributed by atoms with E-state index in [9.17, 15) is 9.90 Å². The fourth-order valence-electron chi connectivity index (χ4n) is 1.46. The first kappa shape index (κ1) is 14.7. The van der Waals surface area contributed by atoms with Gasteiger partial charge in [0, 0.05) is 5.56 Å². The van der Waals surface area contributed by atoms with Crippen LogP contribution in [0.25, 0.3) is 0 Å². The van der Waals surface area contributed by atoms with Crippen LogP contribution in [0.2, 0.25) is 0 Å². The van der Waals surface area contributed by atoms with E-state index >= 15 is 0 Å². The average Bonchev–Trinajstić information content (AvgIpc) is 2.46. The van der Waals surface area contributed by atoms with Crippen LogP contribution < -0.4 is 5.32 Å². The minimum absolute atomic E-state index is 0.156. The van der Waals surface area contributed by atoms with Gasteiger partial charge < -0.3 is 14.9 Å². The highest BCUT2D eigenvalue weighted by Gasteiger charge is 2.36. The van der Waals surface area contributed by atoms with Gasteiger partial charge in [-0.3, -0.25) is 4.79 Å². The second-order valence-electron chi connectivity index (χ2n) is 5.71. The van der Waals surface area contributed by atoms with Gasteiger partial charge in [0.2, 0.25) is 5.91 Å². The zero-order valence-corrected chi connectivity index (χ0v) is 11.9. The van der Waals surface area contributed by atoms with Gasteiger partial charge in [-0.25, -0.2) is 0 Å². The van der Waals surface area contributed by atoms with E-state index in [1.54, 1.807) is 41.5 Å². The number of aryl methyl sites for hydroxylation is 2. The quantitative estimate of drug-likeness (QED) is 0.853.